The molecule has 24 heavy (non-hydrogen) atoms. The van der Waals surface area contributed by atoms with Crippen LogP contribution in [0.1, 0.15) is 30.3 Å². The second kappa shape index (κ2) is 7.13. The first-order valence-corrected chi connectivity index (χ1v) is 8.24. The van der Waals surface area contributed by atoms with Crippen molar-refractivity contribution in [3.63, 3.8) is 0 Å². The molecule has 126 valence electrons. The molecule has 3 rings (SSSR count). The van der Waals surface area contributed by atoms with E-state index in [9.17, 15) is 9.18 Å². The van der Waals surface area contributed by atoms with Crippen LogP contribution in [0.3, 0.4) is 0 Å². The largest absolute Gasteiger partial charge is 0.355 e. The van der Waals surface area contributed by atoms with Crippen molar-refractivity contribution < 1.29 is 9.18 Å². The summed E-state index contributed by atoms with van der Waals surface area (Å²) in [6.45, 7) is 4.13. The molecule has 1 N–H and O–H groups in total. The summed E-state index contributed by atoms with van der Waals surface area (Å²) in [5, 5.41) is 2.58. The third kappa shape index (κ3) is 3.82. The van der Waals surface area contributed by atoms with Gasteiger partial charge in [-0.1, -0.05) is 18.5 Å². The quantitative estimate of drug-likeness (QED) is 0.917. The Morgan fingerprint density at radius 2 is 2.21 bits per heavy atom. The van der Waals surface area contributed by atoms with Gasteiger partial charge in [0.1, 0.15) is 17.3 Å². The summed E-state index contributed by atoms with van der Waals surface area (Å²) in [5.41, 5.74) is 0.603. The van der Waals surface area contributed by atoms with Crippen molar-refractivity contribution in [3.8, 4) is 0 Å². The van der Waals surface area contributed by atoms with Gasteiger partial charge in [-0.3, -0.25) is 4.79 Å². The van der Waals surface area contributed by atoms with Crippen LogP contribution < -0.4 is 10.2 Å². The van der Waals surface area contributed by atoms with Gasteiger partial charge >= 0.3 is 0 Å². The fourth-order valence-corrected chi connectivity index (χ4v) is 2.95. The Morgan fingerprint density at radius 1 is 1.38 bits per heavy atom. The smallest absolute Gasteiger partial charge is 0.275 e. The molecule has 0 bridgehead atoms. The number of anilines is 2. The summed E-state index contributed by atoms with van der Waals surface area (Å²) in [7, 11) is 0. The Labute approximate surface area is 144 Å². The number of carbonyl (C=O) groups excluding carboxylic acids is 1. The molecule has 0 spiro atoms. The highest BCUT2D eigenvalue weighted by Gasteiger charge is 2.18. The van der Waals surface area contributed by atoms with E-state index < -0.39 is 11.7 Å². The Balaban J connectivity index is 1.68. The molecule has 1 aliphatic heterocycles. The van der Waals surface area contributed by atoms with E-state index in [0.717, 1.165) is 25.3 Å². The first-order chi connectivity index (χ1) is 11.5. The van der Waals surface area contributed by atoms with Crippen molar-refractivity contribution in [1.29, 1.82) is 0 Å². The maximum atomic E-state index is 13.1. The minimum absolute atomic E-state index is 0.0477. The zero-order chi connectivity index (χ0) is 17.1. The lowest BCUT2D eigenvalue weighted by molar-refractivity contribution is 0.102. The van der Waals surface area contributed by atoms with Gasteiger partial charge in [0.05, 0.1) is 17.4 Å². The van der Waals surface area contributed by atoms with Crippen LogP contribution in [-0.2, 0) is 0 Å². The first-order valence-electron chi connectivity index (χ1n) is 7.86. The number of benzene rings is 1. The number of halogens is 2. The average Bonchev–Trinajstić information content (AvgIpc) is 2.58. The Morgan fingerprint density at radius 3 is 2.88 bits per heavy atom. The zero-order valence-corrected chi connectivity index (χ0v) is 14.1. The molecule has 5 nitrogen and oxygen atoms in total. The Hall–Kier alpha value is -2.21. The summed E-state index contributed by atoms with van der Waals surface area (Å²) in [6, 6.07) is 3.99. The van der Waals surface area contributed by atoms with Gasteiger partial charge in [-0.15, -0.1) is 0 Å². The van der Waals surface area contributed by atoms with E-state index >= 15 is 0 Å². The second-order valence-corrected chi connectivity index (χ2v) is 6.44. The van der Waals surface area contributed by atoms with Crippen LogP contribution in [0, 0.1) is 11.7 Å². The monoisotopic (exact) mass is 348 g/mol. The van der Waals surface area contributed by atoms with E-state index in [1.165, 1.54) is 30.8 Å². The van der Waals surface area contributed by atoms with Gasteiger partial charge in [0.2, 0.25) is 0 Å². The number of nitrogens with one attached hydrogen (secondary N) is 1. The van der Waals surface area contributed by atoms with Gasteiger partial charge < -0.3 is 10.2 Å². The minimum atomic E-state index is -0.533. The first kappa shape index (κ1) is 16.6. The molecule has 1 amide bonds. The van der Waals surface area contributed by atoms with Crippen molar-refractivity contribution in [1.82, 2.24) is 9.97 Å². The number of aromatic nitrogens is 2. The summed E-state index contributed by atoms with van der Waals surface area (Å²) in [6.07, 6.45) is 5.43. The van der Waals surface area contributed by atoms with Crippen LogP contribution in [0.5, 0.6) is 0 Å². The van der Waals surface area contributed by atoms with E-state index in [1.54, 1.807) is 6.20 Å². The van der Waals surface area contributed by atoms with Gasteiger partial charge in [-0.05, 0) is 37.0 Å². The maximum Gasteiger partial charge on any atom is 0.275 e. The van der Waals surface area contributed by atoms with Gasteiger partial charge in [0.15, 0.2) is 0 Å². The van der Waals surface area contributed by atoms with Gasteiger partial charge in [0, 0.05) is 18.8 Å². The minimum Gasteiger partial charge on any atom is -0.355 e. The molecule has 1 saturated heterocycles. The molecule has 2 heterocycles. The normalized spacial score (nSPS) is 17.6. The third-order valence-electron chi connectivity index (χ3n) is 4.03. The molecule has 1 aromatic carbocycles. The van der Waals surface area contributed by atoms with Crippen LogP contribution in [0.4, 0.5) is 15.9 Å². The number of hydrogen-bond donors (Lipinski definition) is 1. The standard InChI is InChI=1S/C17H18ClFN4O/c1-11-3-2-6-23(10-11)16-9-20-15(8-21-16)17(24)22-12-4-5-14(19)13(18)7-12/h4-5,7-9,11H,2-3,6,10H2,1H3,(H,22,24). The lowest BCUT2D eigenvalue weighted by Gasteiger charge is -2.31. The molecule has 0 aliphatic carbocycles. The number of hydrogen-bond acceptors (Lipinski definition) is 4. The van der Waals surface area contributed by atoms with Gasteiger partial charge in [-0.25, -0.2) is 14.4 Å². The maximum absolute atomic E-state index is 13.1. The molecule has 1 aromatic heterocycles. The van der Waals surface area contributed by atoms with E-state index in [4.69, 9.17) is 11.6 Å². The third-order valence-corrected chi connectivity index (χ3v) is 4.32. The highest BCUT2D eigenvalue weighted by atomic mass is 35.5. The molecule has 1 aliphatic rings. The van der Waals surface area contributed by atoms with Crippen molar-refractivity contribution in [2.75, 3.05) is 23.3 Å². The molecule has 0 radical (unpaired) electrons. The van der Waals surface area contributed by atoms with Crippen molar-refractivity contribution in [2.45, 2.75) is 19.8 Å². The fourth-order valence-electron chi connectivity index (χ4n) is 2.77. The van der Waals surface area contributed by atoms with Crippen molar-refractivity contribution in [2.24, 2.45) is 5.92 Å². The van der Waals surface area contributed by atoms with Crippen LogP contribution in [-0.4, -0.2) is 29.0 Å². The summed E-state index contributed by atoms with van der Waals surface area (Å²) < 4.78 is 13.1. The predicted molar refractivity (Wildman–Crippen MR) is 92.0 cm³/mol. The highest BCUT2D eigenvalue weighted by Crippen LogP contribution is 2.21. The molecule has 1 fully saturated rings. The van der Waals surface area contributed by atoms with Crippen molar-refractivity contribution >= 4 is 29.0 Å². The molecule has 1 atom stereocenters. The zero-order valence-electron chi connectivity index (χ0n) is 13.3. The average molecular weight is 349 g/mol. The summed E-state index contributed by atoms with van der Waals surface area (Å²) in [5.74, 6) is 0.466. The second-order valence-electron chi connectivity index (χ2n) is 6.04. The molecular formula is C17H18ClFN4O. The van der Waals surface area contributed by atoms with Crippen LogP contribution in [0.25, 0.3) is 0 Å². The molecule has 0 saturated carbocycles. The predicted octanol–water partition coefficient (Wildman–Crippen LogP) is 3.76. The molecule has 1 unspecified atom stereocenters. The molecule has 7 heteroatoms. The number of amides is 1. The lowest BCUT2D eigenvalue weighted by atomic mass is 10.0. The Bertz CT molecular complexity index is 738. The van der Waals surface area contributed by atoms with E-state index in [0.29, 0.717) is 11.6 Å². The number of carbonyl (C=O) groups is 1. The number of nitrogens with zero attached hydrogens (tertiary/aromatic N) is 3. The van der Waals surface area contributed by atoms with E-state index in [1.807, 2.05) is 0 Å². The van der Waals surface area contributed by atoms with Gasteiger partial charge in [-0.2, -0.15) is 0 Å². The topological polar surface area (TPSA) is 58.1 Å². The van der Waals surface area contributed by atoms with Crippen LogP contribution in [0.15, 0.2) is 30.6 Å². The summed E-state index contributed by atoms with van der Waals surface area (Å²) >= 11 is 5.70. The van der Waals surface area contributed by atoms with Crippen molar-refractivity contribution in [3.05, 3.63) is 47.1 Å². The summed E-state index contributed by atoms with van der Waals surface area (Å²) in [4.78, 5) is 22.9. The Kier molecular flexibility index (Phi) is 4.94. The lowest BCUT2D eigenvalue weighted by Crippen LogP contribution is -2.35. The van der Waals surface area contributed by atoms with Crippen LogP contribution in [0.2, 0.25) is 5.02 Å². The fraction of sp³-hybridized carbons (Fsp3) is 0.353. The van der Waals surface area contributed by atoms with E-state index in [2.05, 4.69) is 27.1 Å². The molecule has 2 aromatic rings. The van der Waals surface area contributed by atoms with Gasteiger partial charge in [0.25, 0.3) is 5.91 Å². The SMILES string of the molecule is CC1CCCN(c2cnc(C(=O)Nc3ccc(F)c(Cl)c3)cn2)C1. The van der Waals surface area contributed by atoms with E-state index in [-0.39, 0.29) is 10.7 Å². The molecular weight excluding hydrogens is 331 g/mol. The highest BCUT2D eigenvalue weighted by molar-refractivity contribution is 6.31. The number of rotatable bonds is 3. The van der Waals surface area contributed by atoms with Crippen LogP contribution >= 0.6 is 11.6 Å². The number of piperidine rings is 1.